The Morgan fingerprint density at radius 2 is 1.06 bits per heavy atom. The van der Waals surface area contributed by atoms with E-state index in [9.17, 15) is 9.59 Å². The first-order chi connectivity index (χ1) is 23.5. The average molecular weight is 676 g/mol. The van der Waals surface area contributed by atoms with Crippen molar-refractivity contribution in [3.8, 4) is 0 Å². The maximum Gasteiger partial charge on any atom is 0.306 e. The van der Waals surface area contributed by atoms with Crippen molar-refractivity contribution in [1.29, 1.82) is 0 Å². The molecule has 0 saturated carbocycles. The summed E-state index contributed by atoms with van der Waals surface area (Å²) in [7, 11) is 0. The van der Waals surface area contributed by atoms with Gasteiger partial charge >= 0.3 is 11.9 Å². The molecule has 282 valence electrons. The Hall–Kier alpha value is -1.62. The molecule has 0 aliphatic carbocycles. The molecule has 5 heteroatoms. The molecular weight excluding hydrogens is 594 g/mol. The molecule has 0 aromatic heterocycles. The molecule has 5 nitrogen and oxygen atoms in total. The third kappa shape index (κ3) is 31.6. The number of nitrogens with zero attached hydrogens (tertiary/aromatic N) is 1. The molecule has 1 atom stereocenters. The number of hydrogen-bond acceptors (Lipinski definition) is 5. The highest BCUT2D eigenvalue weighted by Crippen LogP contribution is 2.16. The van der Waals surface area contributed by atoms with E-state index in [4.69, 9.17) is 9.47 Å². The van der Waals surface area contributed by atoms with Crippen LogP contribution in [0.2, 0.25) is 0 Å². The smallest absolute Gasteiger partial charge is 0.306 e. The summed E-state index contributed by atoms with van der Waals surface area (Å²) in [5.41, 5.74) is 1.38. The quantitative estimate of drug-likeness (QED) is 0.0376. The summed E-state index contributed by atoms with van der Waals surface area (Å²) in [4.78, 5) is 27.1. The van der Waals surface area contributed by atoms with Gasteiger partial charge in [0.15, 0.2) is 0 Å². The molecule has 1 unspecified atom stereocenters. The Kier molecular flexibility index (Phi) is 35.4. The van der Waals surface area contributed by atoms with Crippen LogP contribution in [0.5, 0.6) is 0 Å². The molecule has 0 rings (SSSR count). The van der Waals surface area contributed by atoms with Crippen molar-refractivity contribution in [1.82, 2.24) is 4.90 Å². The van der Waals surface area contributed by atoms with Crippen LogP contribution in [0.3, 0.4) is 0 Å². The molecule has 0 aromatic carbocycles. The number of hydrogen-bond donors (Lipinski definition) is 0. The third-order valence-corrected chi connectivity index (χ3v) is 9.51. The summed E-state index contributed by atoms with van der Waals surface area (Å²) in [5.74, 6) is -0.0144. The fraction of sp³-hybridized carbons (Fsp3) is 0.860. The van der Waals surface area contributed by atoms with E-state index in [2.05, 4.69) is 57.7 Å². The van der Waals surface area contributed by atoms with E-state index >= 15 is 0 Å². The molecule has 48 heavy (non-hydrogen) atoms. The molecule has 0 heterocycles. The molecule has 0 saturated heterocycles. The Bertz CT molecular complexity index is 777. The van der Waals surface area contributed by atoms with E-state index in [1.165, 1.54) is 121 Å². The Balaban J connectivity index is 4.09. The molecule has 0 aromatic rings. The van der Waals surface area contributed by atoms with Crippen molar-refractivity contribution in [3.05, 3.63) is 23.8 Å². The predicted molar refractivity (Wildman–Crippen MR) is 208 cm³/mol. The SMILES string of the molecule is C/C=C\C(=C/C)CN(CCCCCCCC(=O)OCCCCCCCCC)CCCCCCCC(=O)OC(CC)CCCCCCCC. The summed E-state index contributed by atoms with van der Waals surface area (Å²) in [6, 6.07) is 0. The number of allylic oxidation sites excluding steroid dienone is 2. The van der Waals surface area contributed by atoms with E-state index in [-0.39, 0.29) is 18.0 Å². The van der Waals surface area contributed by atoms with Gasteiger partial charge in [-0.25, -0.2) is 0 Å². The molecule has 0 aliphatic rings. The lowest BCUT2D eigenvalue weighted by Gasteiger charge is -2.23. The highest BCUT2D eigenvalue weighted by molar-refractivity contribution is 5.69. The first-order valence-electron chi connectivity index (χ1n) is 20.9. The second-order valence-corrected chi connectivity index (χ2v) is 14.1. The van der Waals surface area contributed by atoms with Gasteiger partial charge in [0, 0.05) is 19.4 Å². The molecule has 0 aliphatic heterocycles. The third-order valence-electron chi connectivity index (χ3n) is 9.51. The van der Waals surface area contributed by atoms with Gasteiger partial charge in [-0.2, -0.15) is 0 Å². The van der Waals surface area contributed by atoms with E-state index < -0.39 is 0 Å². The summed E-state index contributed by atoms with van der Waals surface area (Å²) in [6.07, 6.45) is 37.5. The normalized spacial score (nSPS) is 12.7. The van der Waals surface area contributed by atoms with Crippen LogP contribution in [0.15, 0.2) is 23.8 Å². The summed E-state index contributed by atoms with van der Waals surface area (Å²) < 4.78 is 11.2. The van der Waals surface area contributed by atoms with Crippen molar-refractivity contribution in [2.45, 2.75) is 214 Å². The van der Waals surface area contributed by atoms with Crippen LogP contribution in [0.1, 0.15) is 208 Å². The fourth-order valence-electron chi connectivity index (χ4n) is 6.31. The van der Waals surface area contributed by atoms with Crippen LogP contribution in [0, 0.1) is 0 Å². The van der Waals surface area contributed by atoms with Gasteiger partial charge in [0.1, 0.15) is 6.10 Å². The Labute approximate surface area is 299 Å². The molecular formula is C43H81NO4. The maximum absolute atomic E-state index is 12.4. The lowest BCUT2D eigenvalue weighted by Crippen LogP contribution is -2.28. The largest absolute Gasteiger partial charge is 0.466 e. The van der Waals surface area contributed by atoms with Crippen molar-refractivity contribution < 1.29 is 19.1 Å². The molecule has 0 N–H and O–H groups in total. The molecule has 0 fully saturated rings. The summed E-state index contributed by atoms with van der Waals surface area (Å²) >= 11 is 0. The van der Waals surface area contributed by atoms with E-state index in [1.54, 1.807) is 0 Å². The van der Waals surface area contributed by atoms with Gasteiger partial charge in [-0.05, 0) is 83.9 Å². The average Bonchev–Trinajstić information content (AvgIpc) is 3.08. The molecule has 0 bridgehead atoms. The number of rotatable bonds is 36. The minimum atomic E-state index is -0.0149. The van der Waals surface area contributed by atoms with Crippen molar-refractivity contribution in [2.75, 3.05) is 26.2 Å². The number of ether oxygens (including phenoxy) is 2. The first kappa shape index (κ1) is 46.4. The van der Waals surface area contributed by atoms with Gasteiger partial charge in [-0.15, -0.1) is 0 Å². The van der Waals surface area contributed by atoms with Crippen LogP contribution in [0.4, 0.5) is 0 Å². The zero-order chi connectivity index (χ0) is 35.3. The molecule has 0 radical (unpaired) electrons. The standard InChI is InChI=1S/C43H81NO4/c1-6-11-13-15-17-25-31-38-47-42(45)34-27-21-18-23-29-36-44(39-40(9-4)32-8-3)37-30-24-19-22-28-35-43(46)48-41(10-5)33-26-20-16-14-12-7-2/h8-9,32,41H,6-7,10-31,33-39H2,1-5H3/b32-8-,40-9+. The Morgan fingerprint density at radius 1 is 0.583 bits per heavy atom. The van der Waals surface area contributed by atoms with Crippen LogP contribution in [0.25, 0.3) is 0 Å². The topological polar surface area (TPSA) is 55.8 Å². The highest BCUT2D eigenvalue weighted by Gasteiger charge is 2.12. The molecule has 0 amide bonds. The number of esters is 2. The van der Waals surface area contributed by atoms with Gasteiger partial charge in [-0.3, -0.25) is 14.5 Å². The zero-order valence-electron chi connectivity index (χ0n) is 32.8. The van der Waals surface area contributed by atoms with E-state index in [1.807, 2.05) is 0 Å². The minimum absolute atomic E-state index is 0.000560. The summed E-state index contributed by atoms with van der Waals surface area (Å²) in [5, 5.41) is 0. The van der Waals surface area contributed by atoms with Crippen LogP contribution < -0.4 is 0 Å². The first-order valence-corrected chi connectivity index (χ1v) is 20.9. The van der Waals surface area contributed by atoms with Crippen LogP contribution in [-0.2, 0) is 19.1 Å². The lowest BCUT2D eigenvalue weighted by atomic mass is 10.1. The van der Waals surface area contributed by atoms with Crippen LogP contribution >= 0.6 is 0 Å². The van der Waals surface area contributed by atoms with Gasteiger partial charge in [0.2, 0.25) is 0 Å². The summed E-state index contributed by atoms with van der Waals surface area (Å²) in [6.45, 7) is 14.7. The van der Waals surface area contributed by atoms with E-state index in [0.717, 1.165) is 64.6 Å². The van der Waals surface area contributed by atoms with Crippen molar-refractivity contribution >= 4 is 11.9 Å². The van der Waals surface area contributed by atoms with Gasteiger partial charge < -0.3 is 9.47 Å². The van der Waals surface area contributed by atoms with Crippen LogP contribution in [-0.4, -0.2) is 49.2 Å². The fourth-order valence-corrected chi connectivity index (χ4v) is 6.31. The van der Waals surface area contributed by atoms with Gasteiger partial charge in [-0.1, -0.05) is 148 Å². The second kappa shape index (κ2) is 36.7. The molecule has 0 spiro atoms. The van der Waals surface area contributed by atoms with E-state index in [0.29, 0.717) is 19.4 Å². The predicted octanol–water partition coefficient (Wildman–Crippen LogP) is 12.9. The number of unbranched alkanes of at least 4 members (excludes halogenated alkanes) is 19. The van der Waals surface area contributed by atoms with Crippen molar-refractivity contribution in [3.63, 3.8) is 0 Å². The number of carbonyl (C=O) groups is 2. The maximum atomic E-state index is 12.4. The highest BCUT2D eigenvalue weighted by atomic mass is 16.5. The second-order valence-electron chi connectivity index (χ2n) is 14.1. The van der Waals surface area contributed by atoms with Gasteiger partial charge in [0.05, 0.1) is 6.61 Å². The lowest BCUT2D eigenvalue weighted by molar-refractivity contribution is -0.149. The van der Waals surface area contributed by atoms with Crippen molar-refractivity contribution in [2.24, 2.45) is 0 Å². The zero-order valence-corrected chi connectivity index (χ0v) is 32.8. The monoisotopic (exact) mass is 676 g/mol. The Morgan fingerprint density at radius 3 is 1.58 bits per heavy atom. The van der Waals surface area contributed by atoms with Gasteiger partial charge in [0.25, 0.3) is 0 Å². The minimum Gasteiger partial charge on any atom is -0.466 e. The number of carbonyl (C=O) groups excluding carboxylic acids is 2.